The number of rotatable bonds is 4. The summed E-state index contributed by atoms with van der Waals surface area (Å²) in [6.07, 6.45) is 4.96. The first-order valence-electron chi connectivity index (χ1n) is 10.4. The van der Waals surface area contributed by atoms with Crippen LogP contribution >= 0.6 is 11.5 Å². The number of ether oxygens (including phenoxy) is 1. The van der Waals surface area contributed by atoms with Crippen LogP contribution in [0.4, 0.5) is 5.00 Å². The maximum Gasteiger partial charge on any atom is 0.338 e. The van der Waals surface area contributed by atoms with Crippen molar-refractivity contribution in [3.8, 4) is 0 Å². The molecule has 2 aromatic rings. The average Bonchev–Trinajstić information content (AvgIpc) is 3.45. The average molecular weight is 414 g/mol. The van der Waals surface area contributed by atoms with Gasteiger partial charge in [-0.25, -0.2) is 4.79 Å². The SMILES string of the molecule is Cc1c([C@@H](O)CN2CCC3(CC2)CCN(c2ccns2)C3)ccc2c1COC2=O. The van der Waals surface area contributed by atoms with Crippen LogP contribution in [0, 0.1) is 12.3 Å². The summed E-state index contributed by atoms with van der Waals surface area (Å²) < 4.78 is 9.38. The number of fused-ring (bicyclic) bond motifs is 1. The van der Waals surface area contributed by atoms with E-state index in [0.29, 0.717) is 24.1 Å². The van der Waals surface area contributed by atoms with Gasteiger partial charge in [0.2, 0.25) is 0 Å². The van der Waals surface area contributed by atoms with Gasteiger partial charge in [0, 0.05) is 31.4 Å². The number of aliphatic hydroxyl groups is 1. The van der Waals surface area contributed by atoms with E-state index in [2.05, 4.69) is 20.2 Å². The number of aromatic nitrogens is 1. The molecule has 1 aromatic heterocycles. The molecular formula is C22H27N3O3S. The topological polar surface area (TPSA) is 65.9 Å². The standard InChI is InChI=1S/C22H27N3O3S/c1-15-16(2-3-17-18(15)13-28-21(17)27)19(26)12-24-9-5-22(6-10-24)7-11-25(14-22)20-4-8-23-29-20/h2-4,8,19,26H,5-7,9-14H2,1H3/t19-/m0/s1. The summed E-state index contributed by atoms with van der Waals surface area (Å²) >= 11 is 1.59. The molecule has 6 nitrogen and oxygen atoms in total. The van der Waals surface area contributed by atoms with E-state index in [9.17, 15) is 9.90 Å². The van der Waals surface area contributed by atoms with Crippen molar-refractivity contribution in [2.45, 2.75) is 38.9 Å². The minimum absolute atomic E-state index is 0.255. The van der Waals surface area contributed by atoms with E-state index >= 15 is 0 Å². The highest BCUT2D eigenvalue weighted by atomic mass is 32.1. The van der Waals surface area contributed by atoms with Crippen LogP contribution in [0.2, 0.25) is 0 Å². The number of nitrogens with zero attached hydrogens (tertiary/aromatic N) is 3. The second-order valence-corrected chi connectivity index (χ2v) is 9.53. The molecule has 0 radical (unpaired) electrons. The van der Waals surface area contributed by atoms with Gasteiger partial charge in [-0.1, -0.05) is 6.07 Å². The number of esters is 1. The minimum Gasteiger partial charge on any atom is -0.457 e. The van der Waals surface area contributed by atoms with Crippen LogP contribution in [0.15, 0.2) is 24.4 Å². The van der Waals surface area contributed by atoms with Crippen LogP contribution in [-0.4, -0.2) is 53.1 Å². The summed E-state index contributed by atoms with van der Waals surface area (Å²) in [7, 11) is 0. The Labute approximate surface area is 175 Å². The summed E-state index contributed by atoms with van der Waals surface area (Å²) in [5.74, 6) is -0.255. The van der Waals surface area contributed by atoms with Crippen molar-refractivity contribution in [3.05, 3.63) is 46.6 Å². The van der Waals surface area contributed by atoms with Crippen molar-refractivity contribution in [1.29, 1.82) is 0 Å². The van der Waals surface area contributed by atoms with Gasteiger partial charge in [-0.05, 0) is 79.5 Å². The number of hydrogen-bond donors (Lipinski definition) is 1. The Morgan fingerprint density at radius 1 is 1.24 bits per heavy atom. The molecule has 0 bridgehead atoms. The van der Waals surface area contributed by atoms with E-state index in [1.54, 1.807) is 17.6 Å². The second-order valence-electron chi connectivity index (χ2n) is 8.72. The molecule has 3 aliphatic heterocycles. The molecule has 1 atom stereocenters. The lowest BCUT2D eigenvalue weighted by Crippen LogP contribution is -2.43. The molecule has 3 aliphatic rings. The zero-order chi connectivity index (χ0) is 20.0. The van der Waals surface area contributed by atoms with E-state index < -0.39 is 6.10 Å². The number of cyclic esters (lactones) is 1. The number of benzene rings is 1. The molecule has 1 aromatic carbocycles. The third-order valence-electron chi connectivity index (χ3n) is 7.09. The van der Waals surface area contributed by atoms with E-state index in [-0.39, 0.29) is 5.97 Å². The number of aliphatic hydroxyl groups excluding tert-OH is 1. The van der Waals surface area contributed by atoms with Crippen LogP contribution in [0.1, 0.15) is 52.4 Å². The predicted octanol–water partition coefficient (Wildman–Crippen LogP) is 3.15. The van der Waals surface area contributed by atoms with E-state index in [4.69, 9.17) is 4.74 Å². The molecule has 0 amide bonds. The Hall–Kier alpha value is -1.96. The molecule has 2 saturated heterocycles. The van der Waals surface area contributed by atoms with Crippen molar-refractivity contribution >= 4 is 22.5 Å². The van der Waals surface area contributed by atoms with E-state index in [1.807, 2.05) is 19.2 Å². The highest BCUT2D eigenvalue weighted by Crippen LogP contribution is 2.42. The number of likely N-dealkylation sites (tertiary alicyclic amines) is 1. The fraction of sp³-hybridized carbons (Fsp3) is 0.545. The lowest BCUT2D eigenvalue weighted by atomic mass is 9.77. The summed E-state index contributed by atoms with van der Waals surface area (Å²) in [6, 6.07) is 5.81. The molecule has 5 rings (SSSR count). The van der Waals surface area contributed by atoms with Gasteiger partial charge < -0.3 is 19.6 Å². The van der Waals surface area contributed by atoms with Crippen LogP contribution in [0.25, 0.3) is 0 Å². The first-order chi connectivity index (χ1) is 14.0. The summed E-state index contributed by atoms with van der Waals surface area (Å²) in [6.45, 7) is 7.26. The molecule has 1 N–H and O–H groups in total. The molecule has 0 saturated carbocycles. The van der Waals surface area contributed by atoms with Crippen LogP contribution in [0.5, 0.6) is 0 Å². The maximum atomic E-state index is 11.7. The summed E-state index contributed by atoms with van der Waals surface area (Å²) in [4.78, 5) is 16.6. The number of β-amino-alcohol motifs (C(OH)–C–C–N with tert-alkyl or cyclic N) is 1. The molecule has 0 unspecified atom stereocenters. The second kappa shape index (κ2) is 7.38. The molecule has 2 fully saturated rings. The maximum absolute atomic E-state index is 11.7. The molecule has 1 spiro atoms. The zero-order valence-electron chi connectivity index (χ0n) is 16.8. The lowest BCUT2D eigenvalue weighted by molar-refractivity contribution is 0.0534. The van der Waals surface area contributed by atoms with Gasteiger partial charge in [0.05, 0.1) is 11.7 Å². The fourth-order valence-corrected chi connectivity index (χ4v) is 5.81. The molecule has 154 valence electrons. The van der Waals surface area contributed by atoms with Crippen LogP contribution in [-0.2, 0) is 11.3 Å². The number of piperidine rings is 1. The first kappa shape index (κ1) is 19.0. The van der Waals surface area contributed by atoms with Gasteiger partial charge in [-0.15, -0.1) is 0 Å². The van der Waals surface area contributed by atoms with Gasteiger partial charge in [-0.3, -0.25) is 0 Å². The zero-order valence-corrected chi connectivity index (χ0v) is 17.6. The predicted molar refractivity (Wildman–Crippen MR) is 112 cm³/mol. The molecule has 0 aliphatic carbocycles. The van der Waals surface area contributed by atoms with Crippen LogP contribution in [0.3, 0.4) is 0 Å². The van der Waals surface area contributed by atoms with Gasteiger partial charge in [0.1, 0.15) is 11.6 Å². The van der Waals surface area contributed by atoms with Crippen molar-refractivity contribution in [2.24, 2.45) is 5.41 Å². The van der Waals surface area contributed by atoms with Crippen molar-refractivity contribution in [1.82, 2.24) is 9.27 Å². The van der Waals surface area contributed by atoms with Crippen molar-refractivity contribution < 1.29 is 14.6 Å². The molecule has 4 heterocycles. The van der Waals surface area contributed by atoms with E-state index in [0.717, 1.165) is 42.9 Å². The lowest BCUT2D eigenvalue weighted by Gasteiger charge is -2.40. The largest absolute Gasteiger partial charge is 0.457 e. The first-order valence-corrected chi connectivity index (χ1v) is 11.2. The Balaban J connectivity index is 1.20. The third kappa shape index (κ3) is 3.45. The Morgan fingerprint density at radius 3 is 2.79 bits per heavy atom. The van der Waals surface area contributed by atoms with Gasteiger partial charge in [-0.2, -0.15) is 4.37 Å². The number of hydrogen-bond acceptors (Lipinski definition) is 7. The van der Waals surface area contributed by atoms with E-state index in [1.165, 1.54) is 24.3 Å². The van der Waals surface area contributed by atoms with Crippen LogP contribution < -0.4 is 4.90 Å². The highest BCUT2D eigenvalue weighted by Gasteiger charge is 2.41. The highest BCUT2D eigenvalue weighted by molar-refractivity contribution is 7.10. The monoisotopic (exact) mass is 413 g/mol. The van der Waals surface area contributed by atoms with Gasteiger partial charge >= 0.3 is 5.97 Å². The number of carbonyl (C=O) groups excluding carboxylic acids is 1. The Bertz CT molecular complexity index is 906. The minimum atomic E-state index is -0.540. The summed E-state index contributed by atoms with van der Waals surface area (Å²) in [5, 5.41) is 12.2. The Morgan fingerprint density at radius 2 is 2.03 bits per heavy atom. The van der Waals surface area contributed by atoms with Gasteiger partial charge in [0.25, 0.3) is 0 Å². The fourth-order valence-electron chi connectivity index (χ4n) is 5.19. The molecule has 29 heavy (non-hydrogen) atoms. The summed E-state index contributed by atoms with van der Waals surface area (Å²) in [5.41, 5.74) is 3.89. The Kier molecular flexibility index (Phi) is 4.84. The van der Waals surface area contributed by atoms with Gasteiger partial charge in [0.15, 0.2) is 0 Å². The molecule has 7 heteroatoms. The third-order valence-corrected chi connectivity index (χ3v) is 7.90. The quantitative estimate of drug-likeness (QED) is 0.777. The number of carbonyl (C=O) groups is 1. The number of anilines is 1. The molecular weight excluding hydrogens is 386 g/mol. The van der Waals surface area contributed by atoms with Crippen molar-refractivity contribution in [3.63, 3.8) is 0 Å². The normalized spacial score (nSPS) is 22.1. The van der Waals surface area contributed by atoms with Crippen molar-refractivity contribution in [2.75, 3.05) is 37.6 Å². The smallest absolute Gasteiger partial charge is 0.338 e.